The van der Waals surface area contributed by atoms with Crippen molar-refractivity contribution in [1.29, 1.82) is 5.41 Å². The summed E-state index contributed by atoms with van der Waals surface area (Å²) in [6.45, 7) is 5.26. The molecule has 0 bridgehead atoms. The third-order valence-corrected chi connectivity index (χ3v) is 6.57. The zero-order valence-corrected chi connectivity index (χ0v) is 21.3. The number of aryl methyl sites for hydroxylation is 2. The standard InChI is InChI=1S/C26H36N6O5/c1-15-6-5-7-20-23(15)16(2)21(37-20)13-19(25(35)36)31-22(33)8-3-4-10-30-24(34)18(27)12-17-9-11-32(14-17)26(28)29/h5-7,9,18-19H,3-4,8,10-14,27H2,1-2H3,(H3,28,29)(H,30,34)(H,31,33)(H,35,36). The maximum Gasteiger partial charge on any atom is 0.326 e. The number of furan rings is 1. The van der Waals surface area contributed by atoms with E-state index in [9.17, 15) is 19.5 Å². The highest BCUT2D eigenvalue weighted by atomic mass is 16.4. The van der Waals surface area contributed by atoms with Crippen LogP contribution in [0.3, 0.4) is 0 Å². The molecule has 1 aromatic heterocycles. The Kier molecular flexibility index (Phi) is 9.29. The van der Waals surface area contributed by atoms with E-state index in [1.54, 1.807) is 4.90 Å². The molecule has 3 rings (SSSR count). The van der Waals surface area contributed by atoms with Crippen molar-refractivity contribution in [2.45, 2.75) is 58.0 Å². The number of carbonyl (C=O) groups is 3. The smallest absolute Gasteiger partial charge is 0.326 e. The summed E-state index contributed by atoms with van der Waals surface area (Å²) in [7, 11) is 0. The molecule has 0 aliphatic carbocycles. The Morgan fingerprint density at radius 1 is 1.22 bits per heavy atom. The number of nitrogens with one attached hydrogen (secondary N) is 3. The molecule has 0 fully saturated rings. The normalized spacial score (nSPS) is 14.8. The predicted octanol–water partition coefficient (Wildman–Crippen LogP) is 1.30. The Balaban J connectivity index is 1.38. The number of amides is 2. The number of hydrogen-bond donors (Lipinski definition) is 6. The van der Waals surface area contributed by atoms with Crippen LogP contribution < -0.4 is 22.1 Å². The molecule has 200 valence electrons. The van der Waals surface area contributed by atoms with E-state index >= 15 is 0 Å². The molecule has 1 aromatic carbocycles. The Morgan fingerprint density at radius 2 is 1.97 bits per heavy atom. The number of hydrogen-bond acceptors (Lipinski definition) is 6. The van der Waals surface area contributed by atoms with Crippen LogP contribution in [0.15, 0.2) is 34.3 Å². The maximum absolute atomic E-state index is 12.4. The number of guanidine groups is 1. The first kappa shape index (κ1) is 27.7. The summed E-state index contributed by atoms with van der Waals surface area (Å²) in [4.78, 5) is 38.1. The molecule has 8 N–H and O–H groups in total. The van der Waals surface area contributed by atoms with Crippen LogP contribution in [0.5, 0.6) is 0 Å². The van der Waals surface area contributed by atoms with E-state index in [-0.39, 0.29) is 30.6 Å². The second-order valence-corrected chi connectivity index (χ2v) is 9.45. The number of carboxylic acid groups (broad SMARTS) is 1. The topological polar surface area (TPSA) is 188 Å². The van der Waals surface area contributed by atoms with Gasteiger partial charge in [0.15, 0.2) is 5.96 Å². The fraction of sp³-hybridized carbons (Fsp3) is 0.462. The lowest BCUT2D eigenvalue weighted by atomic mass is 10.0. The van der Waals surface area contributed by atoms with Gasteiger partial charge in [-0.15, -0.1) is 0 Å². The summed E-state index contributed by atoms with van der Waals surface area (Å²) >= 11 is 0. The van der Waals surface area contributed by atoms with E-state index in [0.29, 0.717) is 50.2 Å². The van der Waals surface area contributed by atoms with Gasteiger partial charge in [0.2, 0.25) is 11.8 Å². The van der Waals surface area contributed by atoms with E-state index in [0.717, 1.165) is 22.1 Å². The molecular formula is C26H36N6O5. The maximum atomic E-state index is 12.4. The highest BCUT2D eigenvalue weighted by molar-refractivity contribution is 5.87. The Hall–Kier alpha value is -3.86. The number of benzene rings is 1. The lowest BCUT2D eigenvalue weighted by Crippen LogP contribution is -2.42. The number of aliphatic carboxylic acids is 1. The zero-order chi connectivity index (χ0) is 27.1. The minimum Gasteiger partial charge on any atom is -0.480 e. The molecule has 2 atom stereocenters. The van der Waals surface area contributed by atoms with Gasteiger partial charge in [-0.2, -0.15) is 0 Å². The van der Waals surface area contributed by atoms with Crippen molar-refractivity contribution in [1.82, 2.24) is 15.5 Å². The van der Waals surface area contributed by atoms with E-state index in [2.05, 4.69) is 10.6 Å². The SMILES string of the molecule is Cc1cccc2oc(CC(NC(=O)CCCCNC(=O)C(N)CC3=CCN(C(=N)N)C3)C(=O)O)c(C)c12. The van der Waals surface area contributed by atoms with E-state index < -0.39 is 18.1 Å². The third-order valence-electron chi connectivity index (χ3n) is 6.57. The van der Waals surface area contributed by atoms with Gasteiger partial charge in [-0.25, -0.2) is 4.79 Å². The van der Waals surface area contributed by atoms with Crippen LogP contribution >= 0.6 is 0 Å². The highest BCUT2D eigenvalue weighted by Crippen LogP contribution is 2.28. The van der Waals surface area contributed by atoms with E-state index in [1.807, 2.05) is 38.1 Å². The van der Waals surface area contributed by atoms with Crippen LogP contribution in [0.4, 0.5) is 0 Å². The van der Waals surface area contributed by atoms with E-state index in [4.69, 9.17) is 21.3 Å². The minimum atomic E-state index is -1.13. The van der Waals surface area contributed by atoms with Crippen molar-refractivity contribution in [3.05, 3.63) is 46.7 Å². The van der Waals surface area contributed by atoms with Crippen LogP contribution in [0, 0.1) is 19.3 Å². The Morgan fingerprint density at radius 3 is 2.62 bits per heavy atom. The summed E-state index contributed by atoms with van der Waals surface area (Å²) in [5.41, 5.74) is 15.0. The molecule has 11 nitrogen and oxygen atoms in total. The fourth-order valence-electron chi connectivity index (χ4n) is 4.48. The molecule has 2 aromatic rings. The first-order chi connectivity index (χ1) is 17.6. The van der Waals surface area contributed by atoms with Crippen LogP contribution in [0.25, 0.3) is 11.0 Å². The van der Waals surface area contributed by atoms with Gasteiger partial charge in [-0.1, -0.05) is 23.8 Å². The number of carboxylic acids is 1. The van der Waals surface area contributed by atoms with Crippen molar-refractivity contribution in [2.24, 2.45) is 11.5 Å². The average molecular weight is 513 g/mol. The number of nitrogens with zero attached hydrogens (tertiary/aromatic N) is 1. The lowest BCUT2D eigenvalue weighted by Gasteiger charge is -2.17. The summed E-state index contributed by atoms with van der Waals surface area (Å²) in [6.07, 6.45) is 3.53. The molecule has 0 radical (unpaired) electrons. The molecule has 2 unspecified atom stereocenters. The first-order valence-corrected chi connectivity index (χ1v) is 12.4. The van der Waals surface area contributed by atoms with Gasteiger partial charge >= 0.3 is 5.97 Å². The van der Waals surface area contributed by atoms with Gasteiger partial charge in [-0.3, -0.25) is 15.0 Å². The van der Waals surface area contributed by atoms with Crippen molar-refractivity contribution in [3.8, 4) is 0 Å². The van der Waals surface area contributed by atoms with Crippen molar-refractivity contribution >= 4 is 34.7 Å². The first-order valence-electron chi connectivity index (χ1n) is 12.4. The minimum absolute atomic E-state index is 0.0114. The largest absolute Gasteiger partial charge is 0.480 e. The number of fused-ring (bicyclic) bond motifs is 1. The van der Waals surface area contributed by atoms with Gasteiger partial charge in [0.1, 0.15) is 17.4 Å². The van der Waals surface area contributed by atoms with Crippen LogP contribution in [0.1, 0.15) is 42.6 Å². The average Bonchev–Trinajstić information content (AvgIpc) is 3.43. The van der Waals surface area contributed by atoms with Gasteiger partial charge < -0.3 is 36.5 Å². The number of nitrogens with two attached hydrogens (primary N) is 2. The van der Waals surface area contributed by atoms with Crippen LogP contribution in [-0.2, 0) is 20.8 Å². The molecule has 2 heterocycles. The third kappa shape index (κ3) is 7.32. The predicted molar refractivity (Wildman–Crippen MR) is 140 cm³/mol. The van der Waals surface area contributed by atoms with Crippen molar-refractivity contribution in [3.63, 3.8) is 0 Å². The highest BCUT2D eigenvalue weighted by Gasteiger charge is 2.24. The molecule has 1 aliphatic heterocycles. The lowest BCUT2D eigenvalue weighted by molar-refractivity contribution is -0.141. The zero-order valence-electron chi connectivity index (χ0n) is 21.3. The van der Waals surface area contributed by atoms with Gasteiger partial charge in [0.05, 0.1) is 6.04 Å². The number of unbranched alkanes of at least 4 members (excludes halogenated alkanes) is 1. The number of rotatable bonds is 12. The molecule has 37 heavy (non-hydrogen) atoms. The molecule has 0 saturated carbocycles. The van der Waals surface area contributed by atoms with Crippen LogP contribution in [0.2, 0.25) is 0 Å². The van der Waals surface area contributed by atoms with Gasteiger partial charge in [0, 0.05) is 37.9 Å². The fourth-order valence-corrected chi connectivity index (χ4v) is 4.48. The Labute approximate surface area is 215 Å². The van der Waals surface area contributed by atoms with Crippen LogP contribution in [-0.4, -0.2) is 65.5 Å². The molecule has 11 heteroatoms. The monoisotopic (exact) mass is 512 g/mol. The molecular weight excluding hydrogens is 476 g/mol. The summed E-state index contributed by atoms with van der Waals surface area (Å²) in [5.74, 6) is -1.26. The Bertz CT molecular complexity index is 1200. The van der Waals surface area contributed by atoms with E-state index in [1.165, 1.54) is 0 Å². The van der Waals surface area contributed by atoms with Gasteiger partial charge in [-0.05, 0) is 50.3 Å². The molecule has 2 amide bonds. The summed E-state index contributed by atoms with van der Waals surface area (Å²) in [6, 6.07) is 3.88. The molecule has 0 spiro atoms. The van der Waals surface area contributed by atoms with Gasteiger partial charge in [0.25, 0.3) is 0 Å². The van der Waals surface area contributed by atoms with Crippen molar-refractivity contribution < 1.29 is 23.9 Å². The molecule has 0 saturated heterocycles. The summed E-state index contributed by atoms with van der Waals surface area (Å²) in [5, 5.41) is 23.4. The molecule has 1 aliphatic rings. The summed E-state index contributed by atoms with van der Waals surface area (Å²) < 4.78 is 5.87. The second kappa shape index (κ2) is 12.4. The quantitative estimate of drug-likeness (QED) is 0.106. The van der Waals surface area contributed by atoms with Crippen molar-refractivity contribution in [2.75, 3.05) is 19.6 Å². The second-order valence-electron chi connectivity index (χ2n) is 9.45. The number of carbonyl (C=O) groups excluding carboxylic acids is 2.